The van der Waals surface area contributed by atoms with Crippen LogP contribution in [0.3, 0.4) is 0 Å². The molecule has 1 N–H and O–H groups in total. The third-order valence-electron chi connectivity index (χ3n) is 9.85. The highest BCUT2D eigenvalue weighted by Crippen LogP contribution is 2.43. The summed E-state index contributed by atoms with van der Waals surface area (Å²) < 4.78 is 48.1. The standard InChI is InChI=1S/C40H46FN5O4S.C2H6.H2/c1-5-6-28-7-9-29(10-8-28)34-26-40(2,3)19-17-31(34)27-45-21-23-46(24-22-45)32-11-13-33(14-12-32)51(48,49)44-39(47)36-16-15-35(41)38(43-36)30-18-20-42-37(25-30)50-4;1-2;/h7-16,18,20,25H,5-6,17,19,21-24,26-27H2,1-4H3,(H,44,47);1-2H3;1H. The molecular formula is C42H54FN5O4S. The average molecular weight is 744 g/mol. The van der Waals surface area contributed by atoms with Crippen molar-refractivity contribution >= 4 is 27.2 Å². The maximum absolute atomic E-state index is 14.6. The number of anilines is 1. The van der Waals surface area contributed by atoms with E-state index in [1.807, 2.05) is 13.8 Å². The second-order valence-corrected chi connectivity index (χ2v) is 15.9. The van der Waals surface area contributed by atoms with Crippen molar-refractivity contribution in [3.63, 3.8) is 0 Å². The monoisotopic (exact) mass is 743 g/mol. The van der Waals surface area contributed by atoms with Crippen LogP contribution in [0.15, 0.2) is 89.5 Å². The van der Waals surface area contributed by atoms with Gasteiger partial charge in [-0.1, -0.05) is 70.9 Å². The normalized spacial score (nSPS) is 16.1. The van der Waals surface area contributed by atoms with Crippen molar-refractivity contribution in [2.45, 2.75) is 71.6 Å². The van der Waals surface area contributed by atoms with E-state index in [4.69, 9.17) is 4.74 Å². The first kappa shape index (κ1) is 39.6. The van der Waals surface area contributed by atoms with Gasteiger partial charge >= 0.3 is 0 Å². The molecule has 284 valence electrons. The van der Waals surface area contributed by atoms with Crippen molar-refractivity contribution in [2.75, 3.05) is 44.7 Å². The molecule has 1 saturated heterocycles. The summed E-state index contributed by atoms with van der Waals surface area (Å²) in [7, 11) is -2.79. The van der Waals surface area contributed by atoms with Gasteiger partial charge in [0.15, 0.2) is 0 Å². The fourth-order valence-corrected chi connectivity index (χ4v) is 7.88. The van der Waals surface area contributed by atoms with Crippen molar-refractivity contribution in [3.8, 4) is 17.1 Å². The van der Waals surface area contributed by atoms with Gasteiger partial charge in [-0.05, 0) is 90.3 Å². The zero-order valence-electron chi connectivity index (χ0n) is 31.8. The number of hydrogen-bond donors (Lipinski definition) is 1. The van der Waals surface area contributed by atoms with Gasteiger partial charge in [-0.15, -0.1) is 0 Å². The molecule has 2 aliphatic rings. The van der Waals surface area contributed by atoms with E-state index in [-0.39, 0.29) is 23.6 Å². The number of piperazine rings is 1. The number of nitrogens with zero attached hydrogens (tertiary/aromatic N) is 4. The van der Waals surface area contributed by atoms with E-state index >= 15 is 0 Å². The minimum Gasteiger partial charge on any atom is -0.481 e. The number of hydrogen-bond acceptors (Lipinski definition) is 8. The molecule has 1 aliphatic carbocycles. The van der Waals surface area contributed by atoms with Crippen molar-refractivity contribution in [2.24, 2.45) is 5.41 Å². The Morgan fingerprint density at radius 1 is 0.962 bits per heavy atom. The van der Waals surface area contributed by atoms with Crippen molar-refractivity contribution in [1.29, 1.82) is 0 Å². The van der Waals surface area contributed by atoms with Gasteiger partial charge in [0.05, 0.1) is 12.0 Å². The summed E-state index contributed by atoms with van der Waals surface area (Å²) in [4.78, 5) is 25.8. The number of amides is 1. The number of halogens is 1. The van der Waals surface area contributed by atoms with Gasteiger partial charge in [-0.3, -0.25) is 9.69 Å². The molecule has 3 heterocycles. The third kappa shape index (κ3) is 9.88. The Hall–Kier alpha value is -4.61. The first-order chi connectivity index (χ1) is 25.4. The van der Waals surface area contributed by atoms with Gasteiger partial charge in [0.2, 0.25) is 5.88 Å². The van der Waals surface area contributed by atoms with Crippen LogP contribution in [-0.4, -0.2) is 69.0 Å². The molecule has 1 fully saturated rings. The molecule has 2 aromatic carbocycles. The number of aromatic nitrogens is 2. The summed E-state index contributed by atoms with van der Waals surface area (Å²) >= 11 is 0. The summed E-state index contributed by atoms with van der Waals surface area (Å²) in [5, 5.41) is 0. The molecule has 0 saturated carbocycles. The van der Waals surface area contributed by atoms with Gasteiger partial charge in [-0.25, -0.2) is 27.5 Å². The van der Waals surface area contributed by atoms with Crippen molar-refractivity contribution in [3.05, 3.63) is 107 Å². The van der Waals surface area contributed by atoms with Crippen LogP contribution < -0.4 is 14.4 Å². The van der Waals surface area contributed by atoms with Gasteiger partial charge < -0.3 is 9.64 Å². The lowest BCUT2D eigenvalue weighted by molar-refractivity contribution is 0.0976. The molecule has 4 aromatic rings. The molecule has 0 spiro atoms. The number of rotatable bonds is 11. The molecule has 1 aliphatic heterocycles. The fourth-order valence-electron chi connectivity index (χ4n) is 6.92. The number of nitrogens with one attached hydrogen (secondary N) is 1. The summed E-state index contributed by atoms with van der Waals surface area (Å²) in [5.41, 5.74) is 6.98. The van der Waals surface area contributed by atoms with Gasteiger partial charge in [-0.2, -0.15) is 0 Å². The van der Waals surface area contributed by atoms with Crippen LogP contribution in [0.1, 0.15) is 83.3 Å². The Morgan fingerprint density at radius 3 is 2.32 bits per heavy atom. The Labute approximate surface area is 315 Å². The quantitative estimate of drug-likeness (QED) is 0.163. The molecule has 6 rings (SSSR count). The maximum atomic E-state index is 14.6. The van der Waals surface area contributed by atoms with E-state index in [2.05, 4.69) is 69.5 Å². The third-order valence-corrected chi connectivity index (χ3v) is 11.2. The SMILES string of the molecule is CC.CCCc1ccc(C2=C(CN3CCN(c4ccc(S(=O)(=O)NC(=O)c5ccc(F)c(-c6ccnc(OC)c6)n5)cc4)CC3)CCC(C)(C)C2)cc1.[HH]. The molecular weight excluding hydrogens is 690 g/mol. The smallest absolute Gasteiger partial charge is 0.283 e. The number of carbonyl (C=O) groups is 1. The fraction of sp³-hybridized carbons (Fsp3) is 0.405. The predicted octanol–water partition coefficient (Wildman–Crippen LogP) is 8.42. The molecule has 0 atom stereocenters. The highest BCUT2D eigenvalue weighted by atomic mass is 32.2. The zero-order chi connectivity index (χ0) is 38.2. The van der Waals surface area contributed by atoms with E-state index < -0.39 is 21.7 Å². The Morgan fingerprint density at radius 2 is 1.66 bits per heavy atom. The summed E-state index contributed by atoms with van der Waals surface area (Å²) in [6, 6.07) is 20.9. The molecule has 11 heteroatoms. The van der Waals surface area contributed by atoms with Crippen molar-refractivity contribution in [1.82, 2.24) is 19.6 Å². The zero-order valence-corrected chi connectivity index (χ0v) is 32.6. The lowest BCUT2D eigenvalue weighted by Crippen LogP contribution is -2.47. The van der Waals surface area contributed by atoms with E-state index in [0.29, 0.717) is 11.0 Å². The number of allylic oxidation sites excluding steroid dienone is 1. The minimum atomic E-state index is -4.22. The van der Waals surface area contributed by atoms with Crippen LogP contribution in [-0.2, 0) is 16.4 Å². The van der Waals surface area contributed by atoms with Gasteiger partial charge in [0.1, 0.15) is 17.2 Å². The molecule has 2 aromatic heterocycles. The van der Waals surface area contributed by atoms with Crippen LogP contribution >= 0.6 is 0 Å². The lowest BCUT2D eigenvalue weighted by Gasteiger charge is -2.39. The Kier molecular flexibility index (Phi) is 13.1. The molecule has 0 radical (unpaired) electrons. The first-order valence-electron chi connectivity index (χ1n) is 18.6. The number of benzene rings is 2. The highest BCUT2D eigenvalue weighted by molar-refractivity contribution is 7.90. The molecule has 0 unspecified atom stereocenters. The number of ether oxygens (including phenoxy) is 1. The van der Waals surface area contributed by atoms with Crippen LogP contribution in [0.2, 0.25) is 0 Å². The topological polar surface area (TPSA) is 105 Å². The number of carbonyl (C=O) groups excluding carboxylic acids is 1. The maximum Gasteiger partial charge on any atom is 0.283 e. The van der Waals surface area contributed by atoms with E-state index in [1.54, 1.807) is 17.7 Å². The number of aryl methyl sites for hydroxylation is 1. The van der Waals surface area contributed by atoms with Crippen LogP contribution in [0.4, 0.5) is 10.1 Å². The largest absolute Gasteiger partial charge is 0.481 e. The summed E-state index contributed by atoms with van der Waals surface area (Å²) in [5.74, 6) is -1.39. The number of sulfonamides is 1. The van der Waals surface area contributed by atoms with E-state index in [9.17, 15) is 17.6 Å². The number of methoxy groups -OCH3 is 1. The summed E-state index contributed by atoms with van der Waals surface area (Å²) in [6.07, 6.45) is 7.08. The number of pyridine rings is 2. The van der Waals surface area contributed by atoms with Crippen molar-refractivity contribution < 1.29 is 23.8 Å². The second kappa shape index (κ2) is 17.5. The van der Waals surface area contributed by atoms with E-state index in [1.165, 1.54) is 60.7 Å². The average Bonchev–Trinajstić information content (AvgIpc) is 3.17. The second-order valence-electron chi connectivity index (χ2n) is 14.2. The Bertz CT molecular complexity index is 2010. The molecule has 53 heavy (non-hydrogen) atoms. The predicted molar refractivity (Wildman–Crippen MR) is 212 cm³/mol. The van der Waals surface area contributed by atoms with Gasteiger partial charge in [0.25, 0.3) is 15.9 Å². The molecule has 1 amide bonds. The summed E-state index contributed by atoms with van der Waals surface area (Å²) in [6.45, 7) is 15.4. The highest BCUT2D eigenvalue weighted by Gasteiger charge is 2.29. The van der Waals surface area contributed by atoms with E-state index in [0.717, 1.165) is 76.2 Å². The molecule has 9 nitrogen and oxygen atoms in total. The minimum absolute atomic E-state index is 0. The van der Waals surface area contributed by atoms with Crippen LogP contribution in [0, 0.1) is 11.2 Å². The van der Waals surface area contributed by atoms with Gasteiger partial charge in [0, 0.05) is 57.7 Å². The molecule has 0 bridgehead atoms. The first-order valence-corrected chi connectivity index (χ1v) is 20.0. The van der Waals surface area contributed by atoms with Crippen LogP contribution in [0.25, 0.3) is 16.8 Å². The van der Waals surface area contributed by atoms with Crippen LogP contribution in [0.5, 0.6) is 5.88 Å². The lowest BCUT2D eigenvalue weighted by atomic mass is 9.72. The Balaban J connectivity index is 0.00000213.